The first-order valence-corrected chi connectivity index (χ1v) is 19.4. The van der Waals surface area contributed by atoms with E-state index >= 15 is 8.78 Å². The number of unbranched alkanes of at least 4 members (excludes halogenated alkanes) is 1. The van der Waals surface area contributed by atoms with Crippen LogP contribution in [0.5, 0.6) is 11.5 Å². The Morgan fingerprint density at radius 3 is 2.42 bits per heavy atom. The van der Waals surface area contributed by atoms with E-state index in [9.17, 15) is 19.5 Å². The predicted octanol–water partition coefficient (Wildman–Crippen LogP) is 8.93. The second kappa shape index (κ2) is 17.3. The van der Waals surface area contributed by atoms with Gasteiger partial charge in [0.15, 0.2) is 0 Å². The fourth-order valence-electron chi connectivity index (χ4n) is 5.68. The molecule has 16 heteroatoms. The summed E-state index contributed by atoms with van der Waals surface area (Å²) in [4.78, 5) is 27.5. The number of benzene rings is 3. The summed E-state index contributed by atoms with van der Waals surface area (Å²) in [6.45, 7) is 4.34. The highest BCUT2D eigenvalue weighted by Gasteiger charge is 2.58. The zero-order chi connectivity index (χ0) is 37.5. The largest absolute Gasteiger partial charge is 0.450 e. The van der Waals surface area contributed by atoms with Gasteiger partial charge >= 0.3 is 19.1 Å². The Morgan fingerprint density at radius 1 is 1.06 bits per heavy atom. The molecule has 52 heavy (non-hydrogen) atoms. The molecule has 5 rings (SSSR count). The summed E-state index contributed by atoms with van der Waals surface area (Å²) in [6.07, 6.45) is -0.584. The summed E-state index contributed by atoms with van der Waals surface area (Å²) in [5.74, 6) is -4.58. The molecule has 0 bridgehead atoms. The van der Waals surface area contributed by atoms with Crippen molar-refractivity contribution in [2.24, 2.45) is 5.92 Å². The van der Waals surface area contributed by atoms with E-state index in [1.54, 1.807) is 26.0 Å². The van der Waals surface area contributed by atoms with E-state index in [-0.39, 0.29) is 24.6 Å². The summed E-state index contributed by atoms with van der Waals surface area (Å²) < 4.78 is 71.2. The molecule has 4 unspecified atom stereocenters. The van der Waals surface area contributed by atoms with Gasteiger partial charge in [-0.05, 0) is 66.8 Å². The Labute approximate surface area is 308 Å². The summed E-state index contributed by atoms with van der Waals surface area (Å²) >= 11 is 3.39. The molecule has 1 saturated heterocycles. The third-order valence-electron chi connectivity index (χ3n) is 8.74. The highest BCUT2D eigenvalue weighted by atomic mass is 79.9. The van der Waals surface area contributed by atoms with Gasteiger partial charge in [0.25, 0.3) is 5.92 Å². The summed E-state index contributed by atoms with van der Waals surface area (Å²) in [5, 5.41) is 12.6. The van der Waals surface area contributed by atoms with Crippen molar-refractivity contribution in [2.45, 2.75) is 58.5 Å². The Morgan fingerprint density at radius 2 is 1.77 bits per heavy atom. The lowest BCUT2D eigenvalue weighted by Crippen LogP contribution is -2.37. The molecule has 4 aromatic rings. The van der Waals surface area contributed by atoms with E-state index in [4.69, 9.17) is 18.5 Å². The smallest absolute Gasteiger partial charge is 0.408 e. The van der Waals surface area contributed by atoms with Gasteiger partial charge < -0.3 is 9.47 Å². The zero-order valence-corrected chi connectivity index (χ0v) is 31.4. The average molecular weight is 806 g/mol. The molecule has 12 nitrogen and oxygen atoms in total. The fraction of sp³-hybridized carbons (Fsp3) is 0.389. The summed E-state index contributed by atoms with van der Waals surface area (Å²) in [6, 6.07) is 22.4. The molecule has 1 aliphatic rings. The molecule has 0 spiro atoms. The molecular formula is C36H40BrF2N4O8P. The van der Waals surface area contributed by atoms with Crippen LogP contribution in [0.1, 0.15) is 44.2 Å². The van der Waals surface area contributed by atoms with Gasteiger partial charge in [0.05, 0.1) is 30.2 Å². The van der Waals surface area contributed by atoms with Crippen molar-refractivity contribution in [3.05, 3.63) is 117 Å². The van der Waals surface area contributed by atoms with Crippen molar-refractivity contribution in [3.63, 3.8) is 0 Å². The number of alkyl halides is 3. The number of nitro benzene ring substituents is 1. The second-order valence-corrected chi connectivity index (χ2v) is 15.1. The van der Waals surface area contributed by atoms with Crippen LogP contribution < -0.4 is 10.4 Å². The van der Waals surface area contributed by atoms with Gasteiger partial charge in [-0.2, -0.15) is 4.98 Å². The van der Waals surface area contributed by atoms with Crippen LogP contribution in [-0.2, 0) is 25.0 Å². The van der Waals surface area contributed by atoms with Crippen molar-refractivity contribution >= 4 is 29.4 Å². The van der Waals surface area contributed by atoms with Crippen LogP contribution in [-0.4, -0.2) is 56.2 Å². The van der Waals surface area contributed by atoms with Gasteiger partial charge in [-0.3, -0.25) is 23.7 Å². The zero-order valence-electron chi connectivity index (χ0n) is 28.9. The van der Waals surface area contributed by atoms with E-state index in [2.05, 4.69) is 20.9 Å². The normalized spacial score (nSPS) is 19.4. The van der Waals surface area contributed by atoms with Crippen LogP contribution in [0.4, 0.5) is 14.5 Å². The number of hydrogen-bond donors (Lipinski definition) is 0. The molecule has 0 saturated carbocycles. The minimum absolute atomic E-state index is 0.0544. The third-order valence-corrected chi connectivity index (χ3v) is 11.4. The maximum Gasteiger partial charge on any atom is 0.408 e. The Hall–Kier alpha value is -3.85. The lowest BCUT2D eigenvalue weighted by molar-refractivity contribution is -0.385. The first-order chi connectivity index (χ1) is 24.9. The summed E-state index contributed by atoms with van der Waals surface area (Å²) in [5.41, 5.74) is 1.54. The molecule has 4 atom stereocenters. The van der Waals surface area contributed by atoms with Crippen molar-refractivity contribution in [1.82, 2.24) is 14.2 Å². The third kappa shape index (κ3) is 9.20. The van der Waals surface area contributed by atoms with Gasteiger partial charge in [-0.25, -0.2) is 22.8 Å². The number of ether oxygens (including phenoxy) is 2. The SMILES string of the molecule is CCN(CCCCBr)P(=O)(OCc1ccc([N+](=O)[O-])c(Oc2ccc(-c3ccccc3)cc2)c1)OCC1OC(n2ccc(C)nc2=O)C(F)(F)C1C. The van der Waals surface area contributed by atoms with E-state index in [0.29, 0.717) is 35.3 Å². The van der Waals surface area contributed by atoms with Crippen molar-refractivity contribution in [1.29, 1.82) is 0 Å². The van der Waals surface area contributed by atoms with Crippen LogP contribution in [0.2, 0.25) is 0 Å². The number of hydrogen-bond acceptors (Lipinski definition) is 9. The van der Waals surface area contributed by atoms with E-state index < -0.39 is 49.1 Å². The number of nitro groups is 1. The van der Waals surface area contributed by atoms with Crippen LogP contribution >= 0.6 is 23.7 Å². The fourth-order valence-corrected chi connectivity index (χ4v) is 7.86. The van der Waals surface area contributed by atoms with Crippen LogP contribution in [0.25, 0.3) is 11.1 Å². The maximum absolute atomic E-state index is 15.5. The highest BCUT2D eigenvalue weighted by Crippen LogP contribution is 2.55. The number of aromatic nitrogens is 2. The molecule has 0 aliphatic carbocycles. The quantitative estimate of drug-likeness (QED) is 0.0335. The monoisotopic (exact) mass is 804 g/mol. The summed E-state index contributed by atoms with van der Waals surface area (Å²) in [7, 11) is -4.17. The number of rotatable bonds is 17. The van der Waals surface area contributed by atoms with Gasteiger partial charge in [-0.1, -0.05) is 72.2 Å². The lowest BCUT2D eigenvalue weighted by atomic mass is 10.00. The minimum atomic E-state index is -4.17. The highest BCUT2D eigenvalue weighted by molar-refractivity contribution is 9.09. The van der Waals surface area contributed by atoms with Crippen molar-refractivity contribution in [2.75, 3.05) is 25.0 Å². The number of halogens is 3. The lowest BCUT2D eigenvalue weighted by Gasteiger charge is -2.30. The van der Waals surface area contributed by atoms with Gasteiger partial charge in [0, 0.05) is 36.4 Å². The van der Waals surface area contributed by atoms with Gasteiger partial charge in [-0.15, -0.1) is 0 Å². The maximum atomic E-state index is 15.5. The van der Waals surface area contributed by atoms with E-state index in [0.717, 1.165) is 22.1 Å². The molecule has 1 fully saturated rings. The van der Waals surface area contributed by atoms with E-state index in [1.165, 1.54) is 42.1 Å². The predicted molar refractivity (Wildman–Crippen MR) is 195 cm³/mol. The molecule has 2 heterocycles. The molecule has 3 aromatic carbocycles. The number of nitrogens with zero attached hydrogens (tertiary/aromatic N) is 4. The standard InChI is InChI=1S/C36H40BrF2N4O8P/c1-4-41(20-9-8-19-37)52(47,49-24-33-26(3)36(38,39)34(51-33)42-21-18-25(2)40-35(42)44)48-23-27-12-17-31(43(45)46)32(22-27)50-30-15-13-29(14-16-30)28-10-6-5-7-11-28/h5-7,10-18,21-22,26,33-34H,4,8-9,19-20,23-24H2,1-3H3. The number of aryl methyl sites for hydroxylation is 1. The molecule has 1 aromatic heterocycles. The first kappa shape index (κ1) is 39.4. The van der Waals surface area contributed by atoms with E-state index in [1.807, 2.05) is 42.5 Å². The minimum Gasteiger partial charge on any atom is -0.450 e. The van der Waals surface area contributed by atoms with Gasteiger partial charge in [0.2, 0.25) is 12.0 Å². The molecule has 1 aliphatic heterocycles. The Balaban J connectivity index is 1.35. The Bertz CT molecular complexity index is 1940. The molecule has 278 valence electrons. The first-order valence-electron chi connectivity index (χ1n) is 16.8. The molecular weight excluding hydrogens is 765 g/mol. The average Bonchev–Trinajstić information content (AvgIpc) is 3.35. The molecule has 0 radical (unpaired) electrons. The van der Waals surface area contributed by atoms with Crippen LogP contribution in [0, 0.1) is 23.0 Å². The topological polar surface area (TPSA) is 135 Å². The molecule has 0 amide bonds. The van der Waals surface area contributed by atoms with Gasteiger partial charge in [0.1, 0.15) is 5.75 Å². The van der Waals surface area contributed by atoms with Crippen LogP contribution in [0.15, 0.2) is 89.9 Å². The van der Waals surface area contributed by atoms with Crippen molar-refractivity contribution < 1.29 is 36.8 Å². The second-order valence-electron chi connectivity index (χ2n) is 12.3. The Kier molecular flexibility index (Phi) is 13.1. The van der Waals surface area contributed by atoms with Crippen LogP contribution in [0.3, 0.4) is 0 Å². The molecule has 0 N–H and O–H groups in total. The van der Waals surface area contributed by atoms with Crippen molar-refractivity contribution in [3.8, 4) is 22.6 Å².